The van der Waals surface area contributed by atoms with Crippen molar-refractivity contribution in [2.75, 3.05) is 19.2 Å². The van der Waals surface area contributed by atoms with E-state index in [0.717, 1.165) is 43.6 Å². The van der Waals surface area contributed by atoms with Gasteiger partial charge >= 0.3 is 0 Å². The Balaban J connectivity index is 1.29. The number of methoxy groups -OCH3 is 1. The molecule has 0 radical (unpaired) electrons. The molecule has 1 heterocycles. The molecular weight excluding hydrogens is 506 g/mol. The quantitative estimate of drug-likeness (QED) is 0.250. The fraction of sp³-hybridized carbons (Fsp3) is 0.207. The maximum absolute atomic E-state index is 13.1. The fourth-order valence-electron chi connectivity index (χ4n) is 4.30. The van der Waals surface area contributed by atoms with Gasteiger partial charge < -0.3 is 19.5 Å². The lowest BCUT2D eigenvalue weighted by Gasteiger charge is -2.20. The lowest BCUT2D eigenvalue weighted by molar-refractivity contribution is -0.119. The molecule has 0 fully saturated rings. The number of rotatable bonds is 9. The van der Waals surface area contributed by atoms with Crippen LogP contribution in [-0.2, 0) is 11.2 Å². The largest absolute Gasteiger partial charge is 0.497 e. The van der Waals surface area contributed by atoms with E-state index in [-0.39, 0.29) is 18.6 Å². The molecule has 0 aliphatic carbocycles. The SMILES string of the molecule is COc1ccc2cc(CCC(=O)CC(Nc3ccc(Br)cc3)c3ccc4c(c3)OCO4)ccc2c1. The minimum atomic E-state index is -0.178. The number of Topliss-reactive ketones (excluding diaryl/α,β-unsaturated/α-hetero) is 1. The van der Waals surface area contributed by atoms with Crippen molar-refractivity contribution in [1.82, 2.24) is 0 Å². The summed E-state index contributed by atoms with van der Waals surface area (Å²) in [6.45, 7) is 0.223. The third-order valence-electron chi connectivity index (χ3n) is 6.22. The summed E-state index contributed by atoms with van der Waals surface area (Å²) in [5.74, 6) is 2.49. The van der Waals surface area contributed by atoms with Gasteiger partial charge in [-0.25, -0.2) is 0 Å². The number of fused-ring (bicyclic) bond motifs is 2. The summed E-state index contributed by atoms with van der Waals surface area (Å²) < 4.78 is 17.3. The number of nitrogens with one attached hydrogen (secondary N) is 1. The molecule has 1 aliphatic rings. The van der Waals surface area contributed by atoms with Crippen molar-refractivity contribution in [3.05, 3.63) is 94.5 Å². The standard InChI is InChI=1S/C29H26BrNO4/c1-33-26-12-5-20-14-19(2-4-21(20)15-26)3-11-25(32)17-27(31-24-9-7-23(30)8-10-24)22-6-13-28-29(16-22)35-18-34-28/h2,4-10,12-16,27,31H,3,11,17-18H2,1H3. The van der Waals surface area contributed by atoms with Gasteiger partial charge in [-0.2, -0.15) is 0 Å². The Kier molecular flexibility index (Phi) is 6.91. The van der Waals surface area contributed by atoms with Crippen LogP contribution in [-0.4, -0.2) is 19.7 Å². The van der Waals surface area contributed by atoms with Gasteiger partial charge in [-0.3, -0.25) is 4.79 Å². The molecule has 1 atom stereocenters. The Labute approximate surface area is 213 Å². The van der Waals surface area contributed by atoms with Gasteiger partial charge in [0, 0.05) is 23.0 Å². The molecule has 0 saturated heterocycles. The first-order valence-corrected chi connectivity index (χ1v) is 12.4. The molecule has 1 aliphatic heterocycles. The summed E-state index contributed by atoms with van der Waals surface area (Å²) in [6, 6.07) is 26.0. The molecule has 0 aromatic heterocycles. The molecule has 0 amide bonds. The van der Waals surface area contributed by atoms with Gasteiger partial charge in [0.1, 0.15) is 11.5 Å². The van der Waals surface area contributed by atoms with Crippen molar-refractivity contribution in [1.29, 1.82) is 0 Å². The average Bonchev–Trinajstić information content (AvgIpc) is 3.36. The Morgan fingerprint density at radius 2 is 1.71 bits per heavy atom. The van der Waals surface area contributed by atoms with Crippen LogP contribution in [0.15, 0.2) is 83.3 Å². The summed E-state index contributed by atoms with van der Waals surface area (Å²) in [6.07, 6.45) is 1.55. The molecule has 0 spiro atoms. The zero-order valence-electron chi connectivity index (χ0n) is 19.4. The third-order valence-corrected chi connectivity index (χ3v) is 6.75. The van der Waals surface area contributed by atoms with Crippen LogP contribution < -0.4 is 19.5 Å². The van der Waals surface area contributed by atoms with Crippen molar-refractivity contribution in [2.45, 2.75) is 25.3 Å². The van der Waals surface area contributed by atoms with Gasteiger partial charge in [0.15, 0.2) is 11.5 Å². The van der Waals surface area contributed by atoms with Crippen LogP contribution >= 0.6 is 15.9 Å². The topological polar surface area (TPSA) is 56.8 Å². The number of aryl methyl sites for hydroxylation is 1. The van der Waals surface area contributed by atoms with Crippen LogP contribution in [0.1, 0.15) is 30.0 Å². The number of benzene rings is 4. The van der Waals surface area contributed by atoms with E-state index in [9.17, 15) is 4.79 Å². The van der Waals surface area contributed by atoms with Gasteiger partial charge in [-0.1, -0.05) is 46.3 Å². The Morgan fingerprint density at radius 3 is 2.54 bits per heavy atom. The Morgan fingerprint density at radius 1 is 0.943 bits per heavy atom. The van der Waals surface area contributed by atoms with Gasteiger partial charge in [0.05, 0.1) is 13.2 Å². The third kappa shape index (κ3) is 5.60. The first-order valence-electron chi connectivity index (χ1n) is 11.6. The Hall–Kier alpha value is -3.51. The van der Waals surface area contributed by atoms with Crippen LogP contribution in [0.2, 0.25) is 0 Å². The number of halogens is 1. The van der Waals surface area contributed by atoms with Gasteiger partial charge in [0.2, 0.25) is 6.79 Å². The van der Waals surface area contributed by atoms with Gasteiger partial charge in [-0.05, 0) is 76.9 Å². The van der Waals surface area contributed by atoms with Gasteiger partial charge in [-0.15, -0.1) is 0 Å². The predicted octanol–water partition coefficient (Wildman–Crippen LogP) is 7.08. The molecule has 0 bridgehead atoms. The normalized spacial score (nSPS) is 13.0. The van der Waals surface area contributed by atoms with E-state index in [1.54, 1.807) is 7.11 Å². The first kappa shape index (κ1) is 23.2. The van der Waals surface area contributed by atoms with E-state index in [0.29, 0.717) is 25.0 Å². The second kappa shape index (κ2) is 10.4. The molecule has 35 heavy (non-hydrogen) atoms. The van der Waals surface area contributed by atoms with Crippen LogP contribution in [0.4, 0.5) is 5.69 Å². The highest BCUT2D eigenvalue weighted by molar-refractivity contribution is 9.10. The molecule has 6 heteroatoms. The van der Waals surface area contributed by atoms with Crippen molar-refractivity contribution < 1.29 is 19.0 Å². The second-order valence-corrected chi connectivity index (χ2v) is 9.52. The number of carbonyl (C=O) groups is 1. The summed E-state index contributed by atoms with van der Waals surface area (Å²) in [7, 11) is 1.67. The van der Waals surface area contributed by atoms with E-state index < -0.39 is 0 Å². The summed E-state index contributed by atoms with van der Waals surface area (Å²) >= 11 is 3.48. The number of anilines is 1. The predicted molar refractivity (Wildman–Crippen MR) is 142 cm³/mol. The maximum atomic E-state index is 13.1. The molecule has 4 aromatic rings. The molecule has 5 nitrogen and oxygen atoms in total. The minimum absolute atomic E-state index is 0.178. The lowest BCUT2D eigenvalue weighted by atomic mass is 9.96. The second-order valence-electron chi connectivity index (χ2n) is 8.61. The summed E-state index contributed by atoms with van der Waals surface area (Å²) in [4.78, 5) is 13.1. The monoisotopic (exact) mass is 531 g/mol. The smallest absolute Gasteiger partial charge is 0.231 e. The Bertz CT molecular complexity index is 1350. The summed E-state index contributed by atoms with van der Waals surface area (Å²) in [5.41, 5.74) is 3.09. The van der Waals surface area contributed by atoms with E-state index in [1.165, 1.54) is 0 Å². The average molecular weight is 532 g/mol. The number of hydrogen-bond acceptors (Lipinski definition) is 5. The fourth-order valence-corrected chi connectivity index (χ4v) is 4.56. The number of carbonyl (C=O) groups excluding carboxylic acids is 1. The highest BCUT2D eigenvalue weighted by atomic mass is 79.9. The molecule has 4 aromatic carbocycles. The van der Waals surface area contributed by atoms with E-state index in [1.807, 2.05) is 54.6 Å². The zero-order valence-corrected chi connectivity index (χ0v) is 21.0. The van der Waals surface area contributed by atoms with Crippen LogP contribution in [0.3, 0.4) is 0 Å². The van der Waals surface area contributed by atoms with Crippen LogP contribution in [0, 0.1) is 0 Å². The highest BCUT2D eigenvalue weighted by Crippen LogP contribution is 2.36. The molecular formula is C29H26BrNO4. The van der Waals surface area contributed by atoms with Crippen LogP contribution in [0.5, 0.6) is 17.2 Å². The van der Waals surface area contributed by atoms with Crippen molar-refractivity contribution in [3.8, 4) is 17.2 Å². The number of ether oxygens (including phenoxy) is 3. The zero-order chi connectivity index (χ0) is 24.2. The molecule has 5 rings (SSSR count). The summed E-state index contributed by atoms with van der Waals surface area (Å²) in [5, 5.41) is 5.80. The number of hydrogen-bond donors (Lipinski definition) is 1. The molecule has 0 saturated carbocycles. The maximum Gasteiger partial charge on any atom is 0.231 e. The van der Waals surface area contributed by atoms with Crippen molar-refractivity contribution in [3.63, 3.8) is 0 Å². The van der Waals surface area contributed by atoms with Crippen molar-refractivity contribution in [2.24, 2.45) is 0 Å². The lowest BCUT2D eigenvalue weighted by Crippen LogP contribution is -2.16. The minimum Gasteiger partial charge on any atom is -0.497 e. The molecule has 1 unspecified atom stereocenters. The van der Waals surface area contributed by atoms with Crippen molar-refractivity contribution >= 4 is 38.2 Å². The number of ketones is 1. The van der Waals surface area contributed by atoms with Crippen LogP contribution in [0.25, 0.3) is 10.8 Å². The van der Waals surface area contributed by atoms with E-state index in [2.05, 4.69) is 45.5 Å². The first-order chi connectivity index (χ1) is 17.1. The molecule has 178 valence electrons. The highest BCUT2D eigenvalue weighted by Gasteiger charge is 2.20. The van der Waals surface area contributed by atoms with E-state index in [4.69, 9.17) is 14.2 Å². The molecule has 1 N–H and O–H groups in total. The van der Waals surface area contributed by atoms with Gasteiger partial charge in [0.25, 0.3) is 0 Å². The van der Waals surface area contributed by atoms with E-state index >= 15 is 0 Å².